The van der Waals surface area contributed by atoms with Gasteiger partial charge in [0.25, 0.3) is 0 Å². The van der Waals surface area contributed by atoms with Crippen LogP contribution in [0.3, 0.4) is 0 Å². The van der Waals surface area contributed by atoms with Gasteiger partial charge in [-0.3, -0.25) is 0 Å². The first-order chi connectivity index (χ1) is 10.7. The van der Waals surface area contributed by atoms with Crippen molar-refractivity contribution in [3.63, 3.8) is 0 Å². The summed E-state index contributed by atoms with van der Waals surface area (Å²) in [6.07, 6.45) is 1.12. The second kappa shape index (κ2) is 6.39. The zero-order valence-electron chi connectivity index (χ0n) is 12.5. The molecule has 1 saturated heterocycles. The van der Waals surface area contributed by atoms with E-state index in [1.54, 1.807) is 11.3 Å². The minimum atomic E-state index is 0. The number of thiophene rings is 1. The molecule has 0 saturated carbocycles. The van der Waals surface area contributed by atoms with Gasteiger partial charge in [-0.25, -0.2) is 4.98 Å². The fourth-order valence-electron chi connectivity index (χ4n) is 3.02. The number of nitrogens with one attached hydrogen (secondary N) is 1. The number of anilines is 2. The molecular formula is C15H17BrClN5S. The van der Waals surface area contributed by atoms with Gasteiger partial charge >= 0.3 is 0 Å². The standard InChI is InChI=1S/C15H16BrN5S.ClH/c1-18-9-4-5-21(7-9)14-13-12(19-15(17)20-14)10-6-8(16)2-3-11(10)22-13;/h2-3,6,9,18H,4-5,7H2,1H3,(H2,17,19,20);1H/t9-;/m0./s1. The largest absolute Gasteiger partial charge is 0.368 e. The summed E-state index contributed by atoms with van der Waals surface area (Å²) in [5.41, 5.74) is 6.93. The van der Waals surface area contributed by atoms with E-state index in [0.29, 0.717) is 12.0 Å². The van der Waals surface area contributed by atoms with Gasteiger partial charge in [-0.2, -0.15) is 4.98 Å². The van der Waals surface area contributed by atoms with E-state index >= 15 is 0 Å². The fraction of sp³-hybridized carbons (Fsp3) is 0.333. The van der Waals surface area contributed by atoms with Gasteiger partial charge < -0.3 is 16.0 Å². The smallest absolute Gasteiger partial charge is 0.222 e. The second-order valence-corrected chi connectivity index (χ2v) is 7.51. The van der Waals surface area contributed by atoms with E-state index in [2.05, 4.69) is 54.3 Å². The number of fused-ring (bicyclic) bond motifs is 3. The van der Waals surface area contributed by atoms with Crippen molar-refractivity contribution in [2.45, 2.75) is 12.5 Å². The predicted molar refractivity (Wildman–Crippen MR) is 104 cm³/mol. The number of nitrogens with zero attached hydrogens (tertiary/aromatic N) is 3. The molecule has 2 aromatic heterocycles. The van der Waals surface area contributed by atoms with Crippen molar-refractivity contribution in [3.05, 3.63) is 22.7 Å². The Morgan fingerprint density at radius 1 is 1.39 bits per heavy atom. The minimum absolute atomic E-state index is 0. The first-order valence-electron chi connectivity index (χ1n) is 7.23. The molecule has 122 valence electrons. The molecule has 0 radical (unpaired) electrons. The Hall–Kier alpha value is -1.15. The van der Waals surface area contributed by atoms with E-state index in [0.717, 1.165) is 45.4 Å². The van der Waals surface area contributed by atoms with Crippen molar-refractivity contribution in [1.82, 2.24) is 15.3 Å². The van der Waals surface area contributed by atoms with Crippen LogP contribution in [0.1, 0.15) is 6.42 Å². The summed E-state index contributed by atoms with van der Waals surface area (Å²) in [4.78, 5) is 11.3. The molecule has 4 rings (SSSR count). The lowest BCUT2D eigenvalue weighted by molar-refractivity contribution is 0.616. The quantitative estimate of drug-likeness (QED) is 0.672. The molecule has 0 aliphatic carbocycles. The average molecular weight is 415 g/mol. The molecule has 3 N–H and O–H groups in total. The number of halogens is 2. The molecule has 1 atom stereocenters. The molecule has 8 heteroatoms. The van der Waals surface area contributed by atoms with Crippen molar-refractivity contribution >= 4 is 71.7 Å². The van der Waals surface area contributed by atoms with Gasteiger partial charge in [-0.05, 0) is 31.7 Å². The number of benzene rings is 1. The van der Waals surface area contributed by atoms with Crippen LogP contribution in [-0.4, -0.2) is 36.1 Å². The molecule has 1 fully saturated rings. The van der Waals surface area contributed by atoms with E-state index in [9.17, 15) is 0 Å². The highest BCUT2D eigenvalue weighted by molar-refractivity contribution is 9.10. The first-order valence-corrected chi connectivity index (χ1v) is 8.84. The van der Waals surface area contributed by atoms with Gasteiger partial charge in [0.2, 0.25) is 5.95 Å². The number of likely N-dealkylation sites (N-methyl/N-ethyl adjacent to an activating group) is 1. The Kier molecular flexibility index (Phi) is 4.64. The lowest BCUT2D eigenvalue weighted by Gasteiger charge is -2.18. The second-order valence-electron chi connectivity index (χ2n) is 5.55. The lowest BCUT2D eigenvalue weighted by Crippen LogP contribution is -2.30. The van der Waals surface area contributed by atoms with E-state index < -0.39 is 0 Å². The highest BCUT2D eigenvalue weighted by Crippen LogP contribution is 2.39. The molecule has 1 aliphatic rings. The summed E-state index contributed by atoms with van der Waals surface area (Å²) >= 11 is 5.27. The Bertz CT molecular complexity index is 868. The topological polar surface area (TPSA) is 67.1 Å². The average Bonchev–Trinajstić information content (AvgIpc) is 3.11. The van der Waals surface area contributed by atoms with E-state index in [4.69, 9.17) is 5.73 Å². The molecule has 1 aromatic carbocycles. The Labute approximate surface area is 152 Å². The summed E-state index contributed by atoms with van der Waals surface area (Å²) in [5, 5.41) is 4.47. The molecule has 0 unspecified atom stereocenters. The van der Waals surface area contributed by atoms with Crippen LogP contribution >= 0.6 is 39.7 Å². The van der Waals surface area contributed by atoms with Gasteiger partial charge in [-0.1, -0.05) is 15.9 Å². The molecule has 3 heterocycles. The molecule has 5 nitrogen and oxygen atoms in total. The van der Waals surface area contributed by atoms with Crippen LogP contribution in [0.15, 0.2) is 22.7 Å². The van der Waals surface area contributed by atoms with Crippen LogP contribution in [0.5, 0.6) is 0 Å². The lowest BCUT2D eigenvalue weighted by atomic mass is 10.2. The van der Waals surface area contributed by atoms with Gasteiger partial charge in [0.1, 0.15) is 0 Å². The van der Waals surface area contributed by atoms with E-state index in [1.807, 2.05) is 7.05 Å². The summed E-state index contributed by atoms with van der Waals surface area (Å²) in [6.45, 7) is 1.95. The Morgan fingerprint density at radius 2 is 2.22 bits per heavy atom. The maximum atomic E-state index is 5.98. The van der Waals surface area contributed by atoms with Crippen molar-refractivity contribution in [2.75, 3.05) is 30.8 Å². The Morgan fingerprint density at radius 3 is 2.96 bits per heavy atom. The first kappa shape index (κ1) is 16.7. The van der Waals surface area contributed by atoms with Crippen LogP contribution in [0, 0.1) is 0 Å². The van der Waals surface area contributed by atoms with Gasteiger partial charge in [-0.15, -0.1) is 23.7 Å². The van der Waals surface area contributed by atoms with Crippen LogP contribution in [0.2, 0.25) is 0 Å². The van der Waals surface area contributed by atoms with Crippen LogP contribution in [-0.2, 0) is 0 Å². The zero-order valence-corrected chi connectivity index (χ0v) is 15.8. The van der Waals surface area contributed by atoms with Crippen LogP contribution in [0.25, 0.3) is 20.3 Å². The van der Waals surface area contributed by atoms with Gasteiger partial charge in [0.05, 0.1) is 10.2 Å². The highest BCUT2D eigenvalue weighted by Gasteiger charge is 2.25. The van der Waals surface area contributed by atoms with E-state index in [-0.39, 0.29) is 12.4 Å². The number of hydrogen-bond acceptors (Lipinski definition) is 6. The normalized spacial score (nSPS) is 17.8. The third-order valence-electron chi connectivity index (χ3n) is 4.17. The fourth-order valence-corrected chi connectivity index (χ4v) is 4.52. The summed E-state index contributed by atoms with van der Waals surface area (Å²) in [5.74, 6) is 1.31. The summed E-state index contributed by atoms with van der Waals surface area (Å²) in [7, 11) is 2.01. The molecule has 23 heavy (non-hydrogen) atoms. The molecule has 0 spiro atoms. The van der Waals surface area contributed by atoms with E-state index in [1.165, 1.54) is 4.70 Å². The number of nitrogen functional groups attached to an aromatic ring is 1. The molecule has 1 aliphatic heterocycles. The van der Waals surface area contributed by atoms with Crippen LogP contribution < -0.4 is 16.0 Å². The maximum Gasteiger partial charge on any atom is 0.222 e. The third kappa shape index (κ3) is 2.87. The molecule has 0 amide bonds. The number of hydrogen-bond donors (Lipinski definition) is 2. The Balaban J connectivity index is 0.00000156. The number of aromatic nitrogens is 2. The third-order valence-corrected chi connectivity index (χ3v) is 5.82. The van der Waals surface area contributed by atoms with Crippen molar-refractivity contribution in [2.24, 2.45) is 0 Å². The SMILES string of the molecule is CN[C@H]1CCN(c2nc(N)nc3c2sc2ccc(Br)cc23)C1.Cl. The van der Waals surface area contributed by atoms with Gasteiger partial charge in [0.15, 0.2) is 5.82 Å². The number of nitrogens with two attached hydrogens (primary N) is 1. The van der Waals surface area contributed by atoms with Crippen molar-refractivity contribution < 1.29 is 0 Å². The van der Waals surface area contributed by atoms with Crippen molar-refractivity contribution in [3.8, 4) is 0 Å². The highest BCUT2D eigenvalue weighted by atomic mass is 79.9. The number of rotatable bonds is 2. The zero-order chi connectivity index (χ0) is 15.3. The summed E-state index contributed by atoms with van der Waals surface area (Å²) < 4.78 is 3.39. The monoisotopic (exact) mass is 413 g/mol. The van der Waals surface area contributed by atoms with Crippen LogP contribution in [0.4, 0.5) is 11.8 Å². The van der Waals surface area contributed by atoms with Crippen molar-refractivity contribution in [1.29, 1.82) is 0 Å². The molecular weight excluding hydrogens is 398 g/mol. The van der Waals surface area contributed by atoms with Gasteiger partial charge in [0, 0.05) is 33.7 Å². The predicted octanol–water partition coefficient (Wildman–Crippen LogP) is 3.41. The molecule has 3 aromatic rings. The summed E-state index contributed by atoms with van der Waals surface area (Å²) in [6, 6.07) is 6.78. The minimum Gasteiger partial charge on any atom is -0.368 e. The maximum absolute atomic E-state index is 5.98. The molecule has 0 bridgehead atoms.